The normalized spacial score (nSPS) is 14.3. The third-order valence-corrected chi connectivity index (χ3v) is 6.65. The van der Waals surface area contributed by atoms with Crippen molar-refractivity contribution in [1.82, 2.24) is 24.9 Å². The predicted molar refractivity (Wildman–Crippen MR) is 122 cm³/mol. The smallest absolute Gasteiger partial charge is 0.272 e. The third kappa shape index (κ3) is 3.44. The van der Waals surface area contributed by atoms with Crippen LogP contribution in [-0.2, 0) is 32.2 Å². The van der Waals surface area contributed by atoms with E-state index in [0.717, 1.165) is 66.9 Å². The van der Waals surface area contributed by atoms with E-state index in [4.69, 9.17) is 5.10 Å². The lowest BCUT2D eigenvalue weighted by Crippen LogP contribution is -2.25. The van der Waals surface area contributed by atoms with E-state index in [2.05, 4.69) is 22.5 Å². The Kier molecular flexibility index (Phi) is 4.82. The monoisotopic (exact) mass is 441 g/mol. The van der Waals surface area contributed by atoms with Gasteiger partial charge < -0.3 is 5.32 Å². The van der Waals surface area contributed by atoms with Gasteiger partial charge in [0.2, 0.25) is 0 Å². The highest BCUT2D eigenvalue weighted by molar-refractivity contribution is 5.94. The molecule has 0 bridgehead atoms. The highest BCUT2D eigenvalue weighted by Gasteiger charge is 2.28. The van der Waals surface area contributed by atoms with Crippen molar-refractivity contribution in [2.45, 2.75) is 45.1 Å². The second-order valence-electron chi connectivity index (χ2n) is 8.67. The average Bonchev–Trinajstić information content (AvgIpc) is 3.60. The van der Waals surface area contributed by atoms with E-state index < -0.39 is 0 Å². The summed E-state index contributed by atoms with van der Waals surface area (Å²) in [6, 6.07) is 16.4. The van der Waals surface area contributed by atoms with Crippen molar-refractivity contribution in [2.24, 2.45) is 0 Å². The van der Waals surface area contributed by atoms with Crippen molar-refractivity contribution in [3.63, 3.8) is 0 Å². The Balaban J connectivity index is 1.27. The fraction of sp³-hybridized carbons (Fsp3) is 0.269. The zero-order valence-electron chi connectivity index (χ0n) is 18.2. The van der Waals surface area contributed by atoms with Gasteiger partial charge >= 0.3 is 0 Å². The van der Waals surface area contributed by atoms with Gasteiger partial charge in [-0.25, -0.2) is 13.8 Å². The summed E-state index contributed by atoms with van der Waals surface area (Å²) in [5.74, 6) is -0.474. The first-order valence-corrected chi connectivity index (χ1v) is 11.5. The van der Waals surface area contributed by atoms with Gasteiger partial charge in [0.15, 0.2) is 5.69 Å². The molecule has 2 heterocycles. The van der Waals surface area contributed by atoms with Gasteiger partial charge in [-0.05, 0) is 80.5 Å². The Morgan fingerprint density at radius 3 is 2.21 bits per heavy atom. The van der Waals surface area contributed by atoms with Crippen molar-refractivity contribution >= 4 is 5.91 Å². The molecule has 0 saturated carbocycles. The van der Waals surface area contributed by atoms with Crippen LogP contribution < -0.4 is 5.32 Å². The lowest BCUT2D eigenvalue weighted by atomic mass is 10.1. The number of benzene rings is 2. The first kappa shape index (κ1) is 19.9. The molecule has 0 fully saturated rings. The number of hydrogen-bond acceptors (Lipinski definition) is 3. The van der Waals surface area contributed by atoms with Crippen molar-refractivity contribution in [2.75, 3.05) is 0 Å². The Hall–Kier alpha value is -3.74. The van der Waals surface area contributed by atoms with Crippen LogP contribution >= 0.6 is 0 Å². The second kappa shape index (κ2) is 7.99. The van der Waals surface area contributed by atoms with E-state index in [-0.39, 0.29) is 11.7 Å². The van der Waals surface area contributed by atoms with Gasteiger partial charge in [-0.1, -0.05) is 18.2 Å². The Labute approximate surface area is 191 Å². The molecule has 0 spiro atoms. The van der Waals surface area contributed by atoms with Crippen molar-refractivity contribution in [3.8, 4) is 11.4 Å². The van der Waals surface area contributed by atoms with Gasteiger partial charge in [-0.2, -0.15) is 10.2 Å². The summed E-state index contributed by atoms with van der Waals surface area (Å²) in [6.45, 7) is 0.374. The largest absolute Gasteiger partial charge is 0.345 e. The van der Waals surface area contributed by atoms with E-state index in [9.17, 15) is 9.18 Å². The van der Waals surface area contributed by atoms with E-state index in [1.807, 2.05) is 22.9 Å². The predicted octanol–water partition coefficient (Wildman–Crippen LogP) is 4.10. The van der Waals surface area contributed by atoms with E-state index in [0.29, 0.717) is 12.2 Å². The average molecular weight is 442 g/mol. The number of rotatable bonds is 5. The number of hydrogen-bond donors (Lipinski definition) is 1. The van der Waals surface area contributed by atoms with Crippen LogP contribution in [0.3, 0.4) is 0 Å². The van der Waals surface area contributed by atoms with E-state index in [1.54, 1.807) is 16.8 Å². The van der Waals surface area contributed by atoms with Gasteiger partial charge in [0.05, 0.1) is 23.6 Å². The number of fused-ring (bicyclic) bond motifs is 2. The van der Waals surface area contributed by atoms with E-state index in [1.165, 1.54) is 23.4 Å². The molecule has 6 rings (SSSR count). The Morgan fingerprint density at radius 1 is 0.818 bits per heavy atom. The summed E-state index contributed by atoms with van der Waals surface area (Å²) in [7, 11) is 0. The van der Waals surface area contributed by atoms with Gasteiger partial charge in [0, 0.05) is 17.0 Å². The molecule has 7 heteroatoms. The first-order chi connectivity index (χ1) is 16.2. The highest BCUT2D eigenvalue weighted by Crippen LogP contribution is 2.29. The molecule has 0 radical (unpaired) electrons. The molecule has 2 aliphatic rings. The molecule has 1 N–H and O–H groups in total. The molecule has 6 nitrogen and oxygen atoms in total. The highest BCUT2D eigenvalue weighted by atomic mass is 19.1. The Bertz CT molecular complexity index is 1340. The number of para-hydroxylation sites is 1. The molecule has 0 unspecified atom stereocenters. The topological polar surface area (TPSA) is 64.7 Å². The molecule has 2 aromatic carbocycles. The van der Waals surface area contributed by atoms with Gasteiger partial charge in [-0.3, -0.25) is 4.79 Å². The fourth-order valence-corrected chi connectivity index (χ4v) is 5.10. The maximum Gasteiger partial charge on any atom is 0.272 e. The van der Waals surface area contributed by atoms with Gasteiger partial charge in [0.1, 0.15) is 5.82 Å². The standard InChI is InChI=1S/C26H24FN5O/c27-17-12-14-19(15-13-17)32-24-11-5-9-21(24)25(30-32)26(33)28-16-22-20-8-4-10-23(20)31(29-22)18-6-2-1-3-7-18/h1-3,6-7,12-15H,4-5,8-11,16H2,(H,28,33). The summed E-state index contributed by atoms with van der Waals surface area (Å²) in [4.78, 5) is 13.2. The van der Waals surface area contributed by atoms with Crippen LogP contribution in [0.15, 0.2) is 54.6 Å². The fourth-order valence-electron chi connectivity index (χ4n) is 5.10. The minimum absolute atomic E-state index is 0.185. The van der Waals surface area contributed by atoms with E-state index >= 15 is 0 Å². The number of carbonyl (C=O) groups is 1. The first-order valence-electron chi connectivity index (χ1n) is 11.5. The molecule has 2 aromatic heterocycles. The summed E-state index contributed by atoms with van der Waals surface area (Å²) in [6.07, 6.45) is 5.78. The van der Waals surface area contributed by atoms with Crippen LogP contribution in [0.2, 0.25) is 0 Å². The van der Waals surface area contributed by atoms with Gasteiger partial charge in [0.25, 0.3) is 5.91 Å². The lowest BCUT2D eigenvalue weighted by molar-refractivity contribution is 0.0944. The summed E-state index contributed by atoms with van der Waals surface area (Å²) in [5, 5.41) is 12.5. The maximum atomic E-state index is 13.4. The van der Waals surface area contributed by atoms with Crippen LogP contribution in [0.4, 0.5) is 4.39 Å². The maximum absolute atomic E-state index is 13.4. The van der Waals surface area contributed by atoms with Crippen molar-refractivity contribution < 1.29 is 9.18 Å². The van der Waals surface area contributed by atoms with Crippen LogP contribution in [0.1, 0.15) is 51.5 Å². The molecule has 33 heavy (non-hydrogen) atoms. The molecule has 1 amide bonds. The molecular formula is C26H24FN5O. The molecule has 2 aliphatic carbocycles. The SMILES string of the molecule is O=C(NCc1nn(-c2ccccc2)c2c1CCC2)c1nn(-c2ccc(F)cc2)c2c1CCC2. The lowest BCUT2D eigenvalue weighted by Gasteiger charge is -2.06. The van der Waals surface area contributed by atoms with Crippen LogP contribution in [0, 0.1) is 5.82 Å². The molecule has 0 aliphatic heterocycles. The van der Waals surface area contributed by atoms with Crippen LogP contribution in [-0.4, -0.2) is 25.5 Å². The van der Waals surface area contributed by atoms with Crippen LogP contribution in [0.25, 0.3) is 11.4 Å². The number of nitrogens with one attached hydrogen (secondary N) is 1. The number of amides is 1. The Morgan fingerprint density at radius 2 is 1.45 bits per heavy atom. The van der Waals surface area contributed by atoms with Gasteiger partial charge in [-0.15, -0.1) is 0 Å². The second-order valence-corrected chi connectivity index (χ2v) is 8.67. The number of nitrogens with zero attached hydrogens (tertiary/aromatic N) is 4. The minimum Gasteiger partial charge on any atom is -0.345 e. The molecule has 4 aromatic rings. The molecule has 166 valence electrons. The summed E-state index contributed by atoms with van der Waals surface area (Å²) >= 11 is 0. The summed E-state index contributed by atoms with van der Waals surface area (Å²) in [5.41, 5.74) is 7.74. The van der Waals surface area contributed by atoms with Crippen molar-refractivity contribution in [3.05, 3.63) is 94.3 Å². The quantitative estimate of drug-likeness (QED) is 0.507. The van der Waals surface area contributed by atoms with Crippen molar-refractivity contribution in [1.29, 1.82) is 0 Å². The minimum atomic E-state index is -0.289. The third-order valence-electron chi connectivity index (χ3n) is 6.65. The summed E-state index contributed by atoms with van der Waals surface area (Å²) < 4.78 is 17.2. The zero-order valence-corrected chi connectivity index (χ0v) is 18.2. The molecule has 0 atom stereocenters. The molecular weight excluding hydrogens is 417 g/mol. The van der Waals surface area contributed by atoms with Crippen LogP contribution in [0.5, 0.6) is 0 Å². The number of halogens is 1. The number of aromatic nitrogens is 4. The number of carbonyl (C=O) groups excluding carboxylic acids is 1. The molecule has 0 saturated heterocycles. The zero-order chi connectivity index (χ0) is 22.4.